The lowest BCUT2D eigenvalue weighted by Crippen LogP contribution is -2.20. The molecule has 0 saturated carbocycles. The Labute approximate surface area is 169 Å². The fourth-order valence-corrected chi connectivity index (χ4v) is 3.21. The molecule has 0 unspecified atom stereocenters. The summed E-state index contributed by atoms with van der Waals surface area (Å²) in [6, 6.07) is 19.3. The molecule has 1 heterocycles. The summed E-state index contributed by atoms with van der Waals surface area (Å²) in [6.07, 6.45) is 0. The zero-order valence-electron chi connectivity index (χ0n) is 16.7. The highest BCUT2D eigenvalue weighted by Crippen LogP contribution is 2.27. The Hall–Kier alpha value is -3.60. The van der Waals surface area contributed by atoms with Gasteiger partial charge in [0.05, 0.1) is 0 Å². The first-order chi connectivity index (χ1) is 14.0. The van der Waals surface area contributed by atoms with Crippen LogP contribution >= 0.6 is 0 Å². The van der Waals surface area contributed by atoms with E-state index in [1.54, 1.807) is 12.1 Å². The smallest absolute Gasteiger partial charge is 0.262 e. The van der Waals surface area contributed by atoms with Crippen LogP contribution in [-0.2, 0) is 4.79 Å². The van der Waals surface area contributed by atoms with E-state index in [9.17, 15) is 4.79 Å². The van der Waals surface area contributed by atoms with Crippen molar-refractivity contribution in [1.29, 1.82) is 0 Å². The van der Waals surface area contributed by atoms with Crippen molar-refractivity contribution < 1.29 is 13.9 Å². The molecule has 0 saturated heterocycles. The van der Waals surface area contributed by atoms with Gasteiger partial charge in [-0.25, -0.2) is 4.98 Å². The third kappa shape index (κ3) is 4.29. The highest BCUT2D eigenvalue weighted by Gasteiger charge is 2.11. The molecule has 0 aliphatic rings. The maximum atomic E-state index is 12.3. The number of aryl methyl sites for hydroxylation is 3. The van der Waals surface area contributed by atoms with Crippen LogP contribution in [0.5, 0.6) is 5.75 Å². The lowest BCUT2D eigenvalue weighted by atomic mass is 10.1. The summed E-state index contributed by atoms with van der Waals surface area (Å²) >= 11 is 0. The number of nitrogens with zero attached hydrogens (tertiary/aromatic N) is 1. The maximum Gasteiger partial charge on any atom is 0.262 e. The van der Waals surface area contributed by atoms with Crippen molar-refractivity contribution in [3.05, 3.63) is 77.4 Å². The quantitative estimate of drug-likeness (QED) is 0.496. The number of carbonyl (C=O) groups is 1. The molecular weight excluding hydrogens is 364 g/mol. The number of ether oxygens (including phenoxy) is 1. The van der Waals surface area contributed by atoms with Crippen LogP contribution in [0, 0.1) is 20.8 Å². The van der Waals surface area contributed by atoms with Gasteiger partial charge >= 0.3 is 0 Å². The normalized spacial score (nSPS) is 10.9. The van der Waals surface area contributed by atoms with Crippen LogP contribution in [0.3, 0.4) is 0 Å². The van der Waals surface area contributed by atoms with Crippen LogP contribution in [0.1, 0.15) is 16.7 Å². The molecule has 146 valence electrons. The third-order valence-electron chi connectivity index (χ3n) is 4.63. The van der Waals surface area contributed by atoms with Crippen molar-refractivity contribution in [2.24, 2.45) is 0 Å². The lowest BCUT2D eigenvalue weighted by Gasteiger charge is -2.10. The lowest BCUT2D eigenvalue weighted by molar-refractivity contribution is -0.118. The number of benzene rings is 3. The highest BCUT2D eigenvalue weighted by atomic mass is 16.5. The number of rotatable bonds is 5. The molecule has 4 rings (SSSR count). The largest absolute Gasteiger partial charge is 0.483 e. The molecule has 5 nitrogen and oxygen atoms in total. The van der Waals surface area contributed by atoms with Crippen molar-refractivity contribution >= 4 is 22.7 Å². The van der Waals surface area contributed by atoms with Crippen LogP contribution < -0.4 is 10.1 Å². The van der Waals surface area contributed by atoms with E-state index in [-0.39, 0.29) is 12.5 Å². The Balaban J connectivity index is 1.46. The molecular formula is C24H22N2O3. The summed E-state index contributed by atoms with van der Waals surface area (Å²) < 4.78 is 11.5. The molecule has 5 heteroatoms. The van der Waals surface area contributed by atoms with Gasteiger partial charge in [0.15, 0.2) is 12.2 Å². The average molecular weight is 386 g/mol. The molecule has 1 N–H and O–H groups in total. The summed E-state index contributed by atoms with van der Waals surface area (Å²) in [7, 11) is 0. The van der Waals surface area contributed by atoms with E-state index >= 15 is 0 Å². The van der Waals surface area contributed by atoms with Gasteiger partial charge < -0.3 is 14.5 Å². The minimum absolute atomic E-state index is 0.0602. The molecule has 1 amide bonds. The van der Waals surface area contributed by atoms with E-state index in [2.05, 4.69) is 10.3 Å². The van der Waals surface area contributed by atoms with E-state index in [1.807, 2.05) is 69.3 Å². The second-order valence-corrected chi connectivity index (χ2v) is 7.18. The molecule has 29 heavy (non-hydrogen) atoms. The molecule has 1 aromatic heterocycles. The molecule has 3 aromatic carbocycles. The molecule has 0 spiro atoms. The fourth-order valence-electron chi connectivity index (χ4n) is 3.21. The molecule has 0 atom stereocenters. The number of amides is 1. The van der Waals surface area contributed by atoms with Gasteiger partial charge in [-0.05, 0) is 62.7 Å². The van der Waals surface area contributed by atoms with Gasteiger partial charge in [-0.2, -0.15) is 0 Å². The standard InChI is InChI=1S/C24H22N2O3/c1-15-5-4-6-18(12-15)24-26-20-13-19(8-10-22(20)29-24)25-23(27)14-28-21-9-7-16(2)11-17(21)3/h4-13H,14H2,1-3H3,(H,25,27). The molecule has 0 aliphatic carbocycles. The maximum absolute atomic E-state index is 12.3. The van der Waals surface area contributed by atoms with Crippen LogP contribution in [-0.4, -0.2) is 17.5 Å². The number of carbonyl (C=O) groups excluding carboxylic acids is 1. The van der Waals surface area contributed by atoms with E-state index < -0.39 is 0 Å². The predicted molar refractivity (Wildman–Crippen MR) is 114 cm³/mol. The molecule has 0 fully saturated rings. The van der Waals surface area contributed by atoms with Crippen LogP contribution in [0.15, 0.2) is 65.1 Å². The average Bonchev–Trinajstić information content (AvgIpc) is 3.11. The van der Waals surface area contributed by atoms with Crippen molar-refractivity contribution in [2.45, 2.75) is 20.8 Å². The van der Waals surface area contributed by atoms with Crippen molar-refractivity contribution in [2.75, 3.05) is 11.9 Å². The first-order valence-electron chi connectivity index (χ1n) is 9.45. The molecule has 0 bridgehead atoms. The van der Waals surface area contributed by atoms with Gasteiger partial charge in [0.2, 0.25) is 5.89 Å². The van der Waals surface area contributed by atoms with Crippen LogP contribution in [0.2, 0.25) is 0 Å². The van der Waals surface area contributed by atoms with Gasteiger partial charge in [-0.1, -0.05) is 35.4 Å². The van der Waals surface area contributed by atoms with Gasteiger partial charge in [0, 0.05) is 11.3 Å². The number of hydrogen-bond acceptors (Lipinski definition) is 4. The zero-order chi connectivity index (χ0) is 20.4. The second kappa shape index (κ2) is 7.80. The summed E-state index contributed by atoms with van der Waals surface area (Å²) in [4.78, 5) is 16.8. The van der Waals surface area contributed by atoms with E-state index in [0.717, 1.165) is 22.3 Å². The summed E-state index contributed by atoms with van der Waals surface area (Å²) in [5.41, 5.74) is 6.24. The summed E-state index contributed by atoms with van der Waals surface area (Å²) in [5.74, 6) is 1.04. The summed E-state index contributed by atoms with van der Waals surface area (Å²) in [5, 5.41) is 2.85. The number of hydrogen-bond donors (Lipinski definition) is 1. The van der Waals surface area contributed by atoms with Gasteiger partial charge in [-0.15, -0.1) is 0 Å². The van der Waals surface area contributed by atoms with Gasteiger partial charge in [0.25, 0.3) is 5.91 Å². The van der Waals surface area contributed by atoms with Gasteiger partial charge in [-0.3, -0.25) is 4.79 Å². The Bertz CT molecular complexity index is 1190. The Morgan fingerprint density at radius 1 is 1.00 bits per heavy atom. The molecule has 0 radical (unpaired) electrons. The van der Waals surface area contributed by atoms with E-state index in [1.165, 1.54) is 0 Å². The predicted octanol–water partition coefficient (Wildman–Crippen LogP) is 5.44. The number of anilines is 1. The second-order valence-electron chi connectivity index (χ2n) is 7.18. The Kier molecular flexibility index (Phi) is 5.04. The SMILES string of the molecule is Cc1cccc(-c2nc3cc(NC(=O)COc4ccc(C)cc4C)ccc3o2)c1. The summed E-state index contributed by atoms with van der Waals surface area (Å²) in [6.45, 7) is 5.95. The fraction of sp³-hybridized carbons (Fsp3) is 0.167. The monoisotopic (exact) mass is 386 g/mol. The van der Waals surface area contributed by atoms with Gasteiger partial charge in [0.1, 0.15) is 11.3 Å². The Morgan fingerprint density at radius 2 is 1.83 bits per heavy atom. The van der Waals surface area contributed by atoms with E-state index in [4.69, 9.17) is 9.15 Å². The number of aromatic nitrogens is 1. The number of oxazole rings is 1. The topological polar surface area (TPSA) is 64.4 Å². The molecule has 4 aromatic rings. The van der Waals surface area contributed by atoms with Crippen LogP contribution in [0.25, 0.3) is 22.6 Å². The van der Waals surface area contributed by atoms with Crippen molar-refractivity contribution in [1.82, 2.24) is 4.98 Å². The minimum Gasteiger partial charge on any atom is -0.483 e. The third-order valence-corrected chi connectivity index (χ3v) is 4.63. The first kappa shape index (κ1) is 18.7. The van der Waals surface area contributed by atoms with Crippen LogP contribution in [0.4, 0.5) is 5.69 Å². The number of fused-ring (bicyclic) bond motifs is 1. The van der Waals surface area contributed by atoms with Crippen molar-refractivity contribution in [3.8, 4) is 17.2 Å². The number of nitrogens with one attached hydrogen (secondary N) is 1. The first-order valence-corrected chi connectivity index (χ1v) is 9.45. The van der Waals surface area contributed by atoms with Crippen molar-refractivity contribution in [3.63, 3.8) is 0 Å². The highest BCUT2D eigenvalue weighted by molar-refractivity contribution is 5.94. The minimum atomic E-state index is -0.230. The van der Waals surface area contributed by atoms with E-state index in [0.29, 0.717) is 28.4 Å². The zero-order valence-corrected chi connectivity index (χ0v) is 16.7. The molecule has 0 aliphatic heterocycles. The Morgan fingerprint density at radius 3 is 2.62 bits per heavy atom.